The molecule has 76 valence electrons. The van der Waals surface area contributed by atoms with E-state index < -0.39 is 6.17 Å². The van der Waals surface area contributed by atoms with Gasteiger partial charge in [-0.25, -0.2) is 9.37 Å². The van der Waals surface area contributed by atoms with E-state index >= 15 is 0 Å². The molecule has 0 saturated carbocycles. The smallest absolute Gasteiger partial charge is 0.148 e. The van der Waals surface area contributed by atoms with Gasteiger partial charge in [-0.3, -0.25) is 4.98 Å². The molecular weight excluding hydrogens is 193 g/mol. The number of hydrogen-bond donors (Lipinski definition) is 0. The molecule has 0 atom stereocenters. The van der Waals surface area contributed by atoms with Gasteiger partial charge in [0.2, 0.25) is 0 Å². The van der Waals surface area contributed by atoms with Crippen molar-refractivity contribution in [2.24, 2.45) is 0 Å². The summed E-state index contributed by atoms with van der Waals surface area (Å²) >= 11 is 0. The maximum atomic E-state index is 12.7. The third-order valence-corrected chi connectivity index (χ3v) is 2.60. The topological polar surface area (TPSA) is 29.0 Å². The largest absolute Gasteiger partial charge is 0.349 e. The van der Waals surface area contributed by atoms with Gasteiger partial charge in [0.15, 0.2) is 0 Å². The lowest BCUT2D eigenvalue weighted by molar-refractivity contribution is 0.273. The van der Waals surface area contributed by atoms with E-state index in [4.69, 9.17) is 0 Å². The van der Waals surface area contributed by atoms with E-state index in [1.165, 1.54) is 0 Å². The van der Waals surface area contributed by atoms with Crippen LogP contribution in [0.4, 0.5) is 10.2 Å². The van der Waals surface area contributed by atoms with Gasteiger partial charge >= 0.3 is 0 Å². The highest BCUT2D eigenvalue weighted by molar-refractivity contribution is 5.75. The summed E-state index contributed by atoms with van der Waals surface area (Å²) in [5, 5.41) is 0. The van der Waals surface area contributed by atoms with Gasteiger partial charge in [0.25, 0.3) is 0 Å². The Bertz CT molecular complexity index is 494. The number of nitrogens with zero attached hydrogens (tertiary/aromatic N) is 3. The fraction of sp³-hybridized carbons (Fsp3) is 0.273. The molecule has 0 N–H and O–H groups in total. The molecule has 1 aliphatic rings. The Morgan fingerprint density at radius 1 is 1.20 bits per heavy atom. The molecular formula is C11H10FN3. The molecule has 0 spiro atoms. The Kier molecular flexibility index (Phi) is 1.80. The summed E-state index contributed by atoms with van der Waals surface area (Å²) < 4.78 is 12.7. The summed E-state index contributed by atoms with van der Waals surface area (Å²) in [7, 11) is 0. The number of halogens is 1. The van der Waals surface area contributed by atoms with E-state index in [-0.39, 0.29) is 0 Å². The third-order valence-electron chi connectivity index (χ3n) is 2.60. The van der Waals surface area contributed by atoms with Crippen LogP contribution in [-0.2, 0) is 0 Å². The van der Waals surface area contributed by atoms with Crippen molar-refractivity contribution in [3.63, 3.8) is 0 Å². The zero-order valence-electron chi connectivity index (χ0n) is 8.10. The molecule has 1 saturated heterocycles. The van der Waals surface area contributed by atoms with Crippen LogP contribution in [-0.4, -0.2) is 29.2 Å². The molecule has 0 amide bonds. The first-order chi connectivity index (χ1) is 7.33. The van der Waals surface area contributed by atoms with E-state index in [9.17, 15) is 4.39 Å². The second kappa shape index (κ2) is 3.15. The first-order valence-corrected chi connectivity index (χ1v) is 4.94. The summed E-state index contributed by atoms with van der Waals surface area (Å²) in [6.45, 7) is 0.875. The molecule has 2 aromatic rings. The van der Waals surface area contributed by atoms with Crippen LogP contribution in [0.25, 0.3) is 11.0 Å². The minimum atomic E-state index is -0.710. The Labute approximate surface area is 86.6 Å². The molecule has 1 aromatic heterocycles. The molecule has 1 aliphatic heterocycles. The number of benzene rings is 1. The van der Waals surface area contributed by atoms with Crippen LogP contribution in [0.3, 0.4) is 0 Å². The van der Waals surface area contributed by atoms with Crippen molar-refractivity contribution in [3.05, 3.63) is 30.5 Å². The predicted molar refractivity (Wildman–Crippen MR) is 56.6 cm³/mol. The van der Waals surface area contributed by atoms with Crippen molar-refractivity contribution < 1.29 is 4.39 Å². The highest BCUT2D eigenvalue weighted by Crippen LogP contribution is 2.21. The average molecular weight is 203 g/mol. The maximum Gasteiger partial charge on any atom is 0.148 e. The van der Waals surface area contributed by atoms with Crippen LogP contribution in [0.5, 0.6) is 0 Å². The van der Waals surface area contributed by atoms with Gasteiger partial charge in [-0.2, -0.15) is 0 Å². The quantitative estimate of drug-likeness (QED) is 0.707. The Morgan fingerprint density at radius 3 is 2.67 bits per heavy atom. The predicted octanol–water partition coefficient (Wildman–Crippen LogP) is 1.79. The summed E-state index contributed by atoms with van der Waals surface area (Å²) in [4.78, 5) is 10.6. The molecule has 3 nitrogen and oxygen atoms in total. The molecule has 3 rings (SSSR count). The summed E-state index contributed by atoms with van der Waals surface area (Å²) in [5.41, 5.74) is 1.73. The third kappa shape index (κ3) is 1.42. The van der Waals surface area contributed by atoms with Crippen molar-refractivity contribution in [1.29, 1.82) is 0 Å². The zero-order valence-corrected chi connectivity index (χ0v) is 8.10. The van der Waals surface area contributed by atoms with E-state index in [0.717, 1.165) is 16.9 Å². The van der Waals surface area contributed by atoms with Crippen LogP contribution < -0.4 is 4.90 Å². The Balaban J connectivity index is 1.99. The first kappa shape index (κ1) is 8.59. The van der Waals surface area contributed by atoms with Crippen molar-refractivity contribution in [3.8, 4) is 0 Å². The lowest BCUT2D eigenvalue weighted by Gasteiger charge is -2.35. The number of aromatic nitrogens is 2. The average Bonchev–Trinajstić information content (AvgIpc) is 2.24. The van der Waals surface area contributed by atoms with E-state index in [2.05, 4.69) is 9.97 Å². The maximum absolute atomic E-state index is 12.7. The van der Waals surface area contributed by atoms with Gasteiger partial charge in [0.05, 0.1) is 30.3 Å². The SMILES string of the molecule is FC1CN(c2cnc3ccccc3n2)C1. The van der Waals surface area contributed by atoms with Crippen molar-refractivity contribution in [2.45, 2.75) is 6.17 Å². The number of para-hydroxylation sites is 2. The molecule has 1 aromatic carbocycles. The molecule has 2 heterocycles. The van der Waals surface area contributed by atoms with E-state index in [0.29, 0.717) is 13.1 Å². The molecule has 0 bridgehead atoms. The van der Waals surface area contributed by atoms with Crippen LogP contribution in [0.1, 0.15) is 0 Å². The molecule has 0 unspecified atom stereocenters. The van der Waals surface area contributed by atoms with Gasteiger partial charge < -0.3 is 4.90 Å². The fourth-order valence-electron chi connectivity index (χ4n) is 1.71. The number of fused-ring (bicyclic) bond motifs is 1. The second-order valence-corrected chi connectivity index (χ2v) is 3.72. The summed E-state index contributed by atoms with van der Waals surface area (Å²) in [6.07, 6.45) is 0.993. The number of anilines is 1. The molecule has 4 heteroatoms. The highest BCUT2D eigenvalue weighted by atomic mass is 19.1. The minimum absolute atomic E-state index is 0.438. The van der Waals surface area contributed by atoms with Crippen LogP contribution >= 0.6 is 0 Å². The van der Waals surface area contributed by atoms with Gasteiger partial charge in [-0.1, -0.05) is 12.1 Å². The Hall–Kier alpha value is -1.71. The molecule has 15 heavy (non-hydrogen) atoms. The number of alkyl halides is 1. The van der Waals surface area contributed by atoms with Crippen LogP contribution in [0.15, 0.2) is 30.5 Å². The van der Waals surface area contributed by atoms with Crippen molar-refractivity contribution >= 4 is 16.9 Å². The van der Waals surface area contributed by atoms with Gasteiger partial charge in [-0.15, -0.1) is 0 Å². The Morgan fingerprint density at radius 2 is 1.93 bits per heavy atom. The van der Waals surface area contributed by atoms with Crippen LogP contribution in [0, 0.1) is 0 Å². The second-order valence-electron chi connectivity index (χ2n) is 3.72. The zero-order chi connectivity index (χ0) is 10.3. The minimum Gasteiger partial charge on any atom is -0.349 e. The van der Waals surface area contributed by atoms with Crippen molar-refractivity contribution in [2.75, 3.05) is 18.0 Å². The molecule has 0 aliphatic carbocycles. The van der Waals surface area contributed by atoms with Gasteiger partial charge in [0, 0.05) is 0 Å². The van der Waals surface area contributed by atoms with Gasteiger partial charge in [0.1, 0.15) is 12.0 Å². The monoisotopic (exact) mass is 203 g/mol. The lowest BCUT2D eigenvalue weighted by Crippen LogP contribution is -2.48. The summed E-state index contributed by atoms with van der Waals surface area (Å²) in [5.74, 6) is 0.766. The van der Waals surface area contributed by atoms with E-state index in [1.807, 2.05) is 29.2 Å². The summed E-state index contributed by atoms with van der Waals surface area (Å²) in [6, 6.07) is 7.69. The molecule has 1 fully saturated rings. The fourth-order valence-corrected chi connectivity index (χ4v) is 1.71. The van der Waals surface area contributed by atoms with Crippen LogP contribution in [0.2, 0.25) is 0 Å². The number of rotatable bonds is 1. The standard InChI is InChI=1S/C11H10FN3/c12-8-6-15(7-8)11-5-13-9-3-1-2-4-10(9)14-11/h1-5,8H,6-7H2. The lowest BCUT2D eigenvalue weighted by atomic mass is 10.2. The normalized spacial score (nSPS) is 16.7. The first-order valence-electron chi connectivity index (χ1n) is 4.94. The number of hydrogen-bond acceptors (Lipinski definition) is 3. The molecule has 0 radical (unpaired) electrons. The van der Waals surface area contributed by atoms with Crippen molar-refractivity contribution in [1.82, 2.24) is 9.97 Å². The highest BCUT2D eigenvalue weighted by Gasteiger charge is 2.27. The van der Waals surface area contributed by atoms with E-state index in [1.54, 1.807) is 6.20 Å². The van der Waals surface area contributed by atoms with Gasteiger partial charge in [-0.05, 0) is 12.1 Å².